The van der Waals surface area contributed by atoms with Gasteiger partial charge in [0.25, 0.3) is 5.91 Å². The standard InChI is InChI=1S/C26H29Cl2NO4/c1-26(2,3)33-22(30)14-21-25(31)29(15-16-7-8-16)23(17-9-11-19(27)12-10-17)24(32-21)18-5-4-6-20(28)13-18/h4-6,9-13,16,21,23-24H,7-8,14-15H2,1-3H3/t21-,23-,24-/m0/s1. The van der Waals surface area contributed by atoms with E-state index in [1.165, 1.54) is 0 Å². The van der Waals surface area contributed by atoms with Crippen LogP contribution < -0.4 is 0 Å². The van der Waals surface area contributed by atoms with Crippen LogP contribution in [0.1, 0.15) is 63.3 Å². The Balaban J connectivity index is 1.72. The van der Waals surface area contributed by atoms with Crippen LogP contribution in [-0.4, -0.2) is 35.0 Å². The molecule has 2 fully saturated rings. The summed E-state index contributed by atoms with van der Waals surface area (Å²) in [4.78, 5) is 28.1. The van der Waals surface area contributed by atoms with Gasteiger partial charge < -0.3 is 14.4 Å². The van der Waals surface area contributed by atoms with E-state index in [4.69, 9.17) is 32.7 Å². The second-order valence-electron chi connectivity index (χ2n) is 9.82. The largest absolute Gasteiger partial charge is 0.460 e. The Kier molecular flexibility index (Phi) is 7.04. The minimum absolute atomic E-state index is 0.137. The summed E-state index contributed by atoms with van der Waals surface area (Å²) in [5.74, 6) is -0.183. The number of ether oxygens (including phenoxy) is 2. The second-order valence-corrected chi connectivity index (χ2v) is 10.7. The topological polar surface area (TPSA) is 55.8 Å². The predicted molar refractivity (Wildman–Crippen MR) is 128 cm³/mol. The molecule has 0 N–H and O–H groups in total. The number of benzene rings is 2. The highest BCUT2D eigenvalue weighted by Gasteiger charge is 2.46. The number of esters is 1. The van der Waals surface area contributed by atoms with Crippen molar-refractivity contribution < 1.29 is 19.1 Å². The van der Waals surface area contributed by atoms with Crippen molar-refractivity contribution in [2.45, 2.75) is 63.9 Å². The third-order valence-corrected chi connectivity index (χ3v) is 6.29. The highest BCUT2D eigenvalue weighted by Crippen LogP contribution is 2.45. The molecule has 176 valence electrons. The molecule has 0 radical (unpaired) electrons. The van der Waals surface area contributed by atoms with Gasteiger partial charge in [-0.3, -0.25) is 9.59 Å². The molecule has 2 aromatic rings. The Morgan fingerprint density at radius 2 is 1.76 bits per heavy atom. The zero-order valence-electron chi connectivity index (χ0n) is 19.1. The first-order valence-electron chi connectivity index (χ1n) is 11.3. The van der Waals surface area contributed by atoms with Gasteiger partial charge in [0.2, 0.25) is 0 Å². The van der Waals surface area contributed by atoms with E-state index in [1.807, 2.05) is 47.4 Å². The minimum atomic E-state index is -0.925. The van der Waals surface area contributed by atoms with E-state index in [1.54, 1.807) is 26.8 Å². The van der Waals surface area contributed by atoms with Crippen molar-refractivity contribution in [3.8, 4) is 0 Å². The molecule has 0 spiro atoms. The van der Waals surface area contributed by atoms with Crippen molar-refractivity contribution in [3.63, 3.8) is 0 Å². The lowest BCUT2D eigenvalue weighted by molar-refractivity contribution is -0.183. The van der Waals surface area contributed by atoms with Crippen LogP contribution in [0.4, 0.5) is 0 Å². The average Bonchev–Trinajstić information content (AvgIpc) is 3.54. The van der Waals surface area contributed by atoms with E-state index in [9.17, 15) is 9.59 Å². The smallest absolute Gasteiger partial charge is 0.309 e. The fraction of sp³-hybridized carbons (Fsp3) is 0.462. The van der Waals surface area contributed by atoms with E-state index in [-0.39, 0.29) is 18.4 Å². The first kappa shape index (κ1) is 24.1. The van der Waals surface area contributed by atoms with Gasteiger partial charge in [-0.25, -0.2) is 0 Å². The molecular weight excluding hydrogens is 461 g/mol. The first-order valence-corrected chi connectivity index (χ1v) is 12.0. The van der Waals surface area contributed by atoms with E-state index in [0.29, 0.717) is 22.5 Å². The van der Waals surface area contributed by atoms with Crippen LogP contribution in [0.3, 0.4) is 0 Å². The van der Waals surface area contributed by atoms with Crippen molar-refractivity contribution in [3.05, 3.63) is 69.7 Å². The van der Waals surface area contributed by atoms with Crippen molar-refractivity contribution >= 4 is 35.1 Å². The Labute approximate surface area is 205 Å². The van der Waals surface area contributed by atoms with Gasteiger partial charge in [-0.05, 0) is 74.9 Å². The molecule has 5 nitrogen and oxygen atoms in total. The van der Waals surface area contributed by atoms with E-state index in [0.717, 1.165) is 24.0 Å². The van der Waals surface area contributed by atoms with Crippen molar-refractivity contribution in [2.75, 3.05) is 6.54 Å². The third-order valence-electron chi connectivity index (χ3n) is 5.80. The number of carbonyl (C=O) groups excluding carboxylic acids is 2. The highest BCUT2D eigenvalue weighted by molar-refractivity contribution is 6.30. The van der Waals surface area contributed by atoms with Crippen LogP contribution in [0.5, 0.6) is 0 Å². The summed E-state index contributed by atoms with van der Waals surface area (Å²) in [5, 5.41) is 1.21. The van der Waals surface area contributed by atoms with Crippen LogP contribution in [0.15, 0.2) is 48.5 Å². The lowest BCUT2D eigenvalue weighted by Crippen LogP contribution is -2.52. The number of rotatable bonds is 6. The van der Waals surface area contributed by atoms with Gasteiger partial charge in [0.05, 0.1) is 12.5 Å². The normalized spacial score (nSPS) is 23.5. The Morgan fingerprint density at radius 1 is 1.06 bits per heavy atom. The molecule has 7 heteroatoms. The zero-order valence-corrected chi connectivity index (χ0v) is 20.6. The van der Waals surface area contributed by atoms with Crippen LogP contribution in [0, 0.1) is 5.92 Å². The van der Waals surface area contributed by atoms with Gasteiger partial charge in [0.15, 0.2) is 0 Å². The van der Waals surface area contributed by atoms with Crippen molar-refractivity contribution in [1.29, 1.82) is 0 Å². The Bertz CT molecular complexity index is 1010. The molecule has 4 rings (SSSR count). The Hall–Kier alpha value is -2.08. The van der Waals surface area contributed by atoms with Crippen molar-refractivity contribution in [1.82, 2.24) is 4.90 Å². The summed E-state index contributed by atoms with van der Waals surface area (Å²) in [6.07, 6.45) is 0.634. The second kappa shape index (κ2) is 9.65. The average molecular weight is 490 g/mol. The number of halogens is 2. The summed E-state index contributed by atoms with van der Waals surface area (Å²) in [6.45, 7) is 6.04. The van der Waals surface area contributed by atoms with Crippen LogP contribution >= 0.6 is 23.2 Å². The van der Waals surface area contributed by atoms with Gasteiger partial charge in [-0.2, -0.15) is 0 Å². The number of amides is 1. The fourth-order valence-electron chi connectivity index (χ4n) is 4.21. The summed E-state index contributed by atoms with van der Waals surface area (Å²) < 4.78 is 11.8. The van der Waals surface area contributed by atoms with Gasteiger partial charge in [-0.1, -0.05) is 47.5 Å². The Morgan fingerprint density at radius 3 is 2.36 bits per heavy atom. The molecule has 0 bridgehead atoms. The maximum atomic E-state index is 13.6. The zero-order chi connectivity index (χ0) is 23.8. The lowest BCUT2D eigenvalue weighted by Gasteiger charge is -2.45. The molecule has 1 saturated carbocycles. The molecule has 3 atom stereocenters. The molecular formula is C26H29Cl2NO4. The lowest BCUT2D eigenvalue weighted by atomic mass is 9.91. The molecule has 1 saturated heterocycles. The summed E-state index contributed by atoms with van der Waals surface area (Å²) >= 11 is 12.4. The number of hydrogen-bond donors (Lipinski definition) is 0. The fourth-order valence-corrected chi connectivity index (χ4v) is 4.53. The molecule has 33 heavy (non-hydrogen) atoms. The predicted octanol–water partition coefficient (Wildman–Crippen LogP) is 6.15. The number of nitrogens with zero attached hydrogens (tertiary/aromatic N) is 1. The first-order chi connectivity index (χ1) is 15.6. The number of morpholine rings is 1. The van der Waals surface area contributed by atoms with Crippen LogP contribution in [0.25, 0.3) is 0 Å². The molecule has 0 unspecified atom stereocenters. The molecule has 2 aromatic carbocycles. The van der Waals surface area contributed by atoms with E-state index < -0.39 is 23.8 Å². The molecule has 1 heterocycles. The molecule has 1 aliphatic heterocycles. The van der Waals surface area contributed by atoms with Gasteiger partial charge in [0, 0.05) is 16.6 Å². The SMILES string of the molecule is CC(C)(C)OC(=O)C[C@@H]1O[C@@H](c2cccc(Cl)c2)[C@H](c2ccc(Cl)cc2)N(CC2CC2)C1=O. The molecule has 1 amide bonds. The van der Waals surface area contributed by atoms with E-state index in [2.05, 4.69) is 0 Å². The molecule has 1 aliphatic carbocycles. The monoisotopic (exact) mass is 489 g/mol. The maximum absolute atomic E-state index is 13.6. The maximum Gasteiger partial charge on any atom is 0.309 e. The summed E-state index contributed by atoms with van der Waals surface area (Å²) in [7, 11) is 0. The molecule has 2 aliphatic rings. The van der Waals surface area contributed by atoms with Crippen LogP contribution in [-0.2, 0) is 19.1 Å². The summed E-state index contributed by atoms with van der Waals surface area (Å²) in [6, 6.07) is 14.6. The van der Waals surface area contributed by atoms with E-state index >= 15 is 0 Å². The number of carbonyl (C=O) groups is 2. The minimum Gasteiger partial charge on any atom is -0.460 e. The quantitative estimate of drug-likeness (QED) is 0.456. The van der Waals surface area contributed by atoms with Gasteiger partial charge in [-0.15, -0.1) is 0 Å². The third kappa shape index (κ3) is 6.08. The van der Waals surface area contributed by atoms with Crippen molar-refractivity contribution in [2.24, 2.45) is 5.92 Å². The number of hydrogen-bond acceptors (Lipinski definition) is 4. The highest BCUT2D eigenvalue weighted by atomic mass is 35.5. The van der Waals surface area contributed by atoms with Gasteiger partial charge in [0.1, 0.15) is 17.8 Å². The summed E-state index contributed by atoms with van der Waals surface area (Å²) in [5.41, 5.74) is 1.14. The van der Waals surface area contributed by atoms with Gasteiger partial charge >= 0.3 is 5.97 Å². The molecule has 0 aromatic heterocycles. The van der Waals surface area contributed by atoms with Crippen LogP contribution in [0.2, 0.25) is 10.0 Å².